The molecular weight excluding hydrogens is 228 g/mol. The van der Waals surface area contributed by atoms with E-state index >= 15 is 0 Å². The first-order chi connectivity index (χ1) is 7.75. The van der Waals surface area contributed by atoms with Crippen molar-refractivity contribution >= 4 is 17.5 Å². The summed E-state index contributed by atoms with van der Waals surface area (Å²) >= 11 is 5.79. The maximum absolute atomic E-state index is 11.6. The third-order valence-corrected chi connectivity index (χ3v) is 2.26. The summed E-state index contributed by atoms with van der Waals surface area (Å²) < 4.78 is 5.16. The Morgan fingerprint density at radius 1 is 1.62 bits per heavy atom. The van der Waals surface area contributed by atoms with Crippen LogP contribution in [0.4, 0.5) is 0 Å². The molecule has 0 aliphatic rings. The number of carbonyl (C=O) groups excluding carboxylic acids is 1. The standard InChI is InChI=1S/C11H15ClN2O2/c1-2-16-8-4-7-14-11(15)9-5-3-6-13-10(9)12/h3,5-6H,2,4,7-8H2,1H3,(H,14,15). The van der Waals surface area contributed by atoms with Crippen LogP contribution in [0.5, 0.6) is 0 Å². The molecule has 5 heteroatoms. The molecule has 1 aromatic rings. The molecule has 1 amide bonds. The van der Waals surface area contributed by atoms with E-state index in [0.29, 0.717) is 25.3 Å². The van der Waals surface area contributed by atoms with Crippen molar-refractivity contribution in [2.45, 2.75) is 13.3 Å². The van der Waals surface area contributed by atoms with Gasteiger partial charge in [0.1, 0.15) is 5.15 Å². The van der Waals surface area contributed by atoms with Crippen LogP contribution in [-0.4, -0.2) is 30.6 Å². The lowest BCUT2D eigenvalue weighted by atomic mass is 10.2. The summed E-state index contributed by atoms with van der Waals surface area (Å²) in [4.78, 5) is 15.5. The molecule has 0 saturated heterocycles. The summed E-state index contributed by atoms with van der Waals surface area (Å²) in [7, 11) is 0. The highest BCUT2D eigenvalue weighted by atomic mass is 35.5. The average molecular weight is 243 g/mol. The van der Waals surface area contributed by atoms with E-state index in [2.05, 4.69) is 10.3 Å². The zero-order chi connectivity index (χ0) is 11.8. The van der Waals surface area contributed by atoms with Crippen LogP contribution in [0.25, 0.3) is 0 Å². The highest BCUT2D eigenvalue weighted by molar-refractivity contribution is 6.32. The zero-order valence-corrected chi connectivity index (χ0v) is 9.96. The van der Waals surface area contributed by atoms with Crippen LogP contribution in [0.3, 0.4) is 0 Å². The number of nitrogens with one attached hydrogen (secondary N) is 1. The number of pyridine rings is 1. The number of nitrogens with zero attached hydrogens (tertiary/aromatic N) is 1. The number of rotatable bonds is 6. The van der Waals surface area contributed by atoms with Gasteiger partial charge in [-0.25, -0.2) is 4.98 Å². The molecule has 0 radical (unpaired) electrons. The van der Waals surface area contributed by atoms with Crippen molar-refractivity contribution < 1.29 is 9.53 Å². The summed E-state index contributed by atoms with van der Waals surface area (Å²) in [6, 6.07) is 3.33. The van der Waals surface area contributed by atoms with Gasteiger partial charge >= 0.3 is 0 Å². The summed E-state index contributed by atoms with van der Waals surface area (Å²) in [6.45, 7) is 3.86. The van der Waals surface area contributed by atoms with Crippen LogP contribution in [0.1, 0.15) is 23.7 Å². The molecule has 88 valence electrons. The average Bonchev–Trinajstić information content (AvgIpc) is 2.29. The number of hydrogen-bond acceptors (Lipinski definition) is 3. The number of amides is 1. The molecule has 0 fully saturated rings. The molecule has 1 heterocycles. The molecule has 1 N–H and O–H groups in total. The minimum absolute atomic E-state index is 0.199. The Hall–Kier alpha value is -1.13. The Bertz CT molecular complexity index is 345. The van der Waals surface area contributed by atoms with Gasteiger partial charge in [-0.1, -0.05) is 11.6 Å². The molecule has 0 aliphatic heterocycles. The molecule has 4 nitrogen and oxygen atoms in total. The highest BCUT2D eigenvalue weighted by Gasteiger charge is 2.09. The maximum atomic E-state index is 11.6. The molecule has 0 aliphatic carbocycles. The molecule has 0 unspecified atom stereocenters. The van der Waals surface area contributed by atoms with Crippen molar-refractivity contribution in [1.82, 2.24) is 10.3 Å². The van der Waals surface area contributed by atoms with E-state index in [4.69, 9.17) is 16.3 Å². The van der Waals surface area contributed by atoms with Crippen molar-refractivity contribution in [3.63, 3.8) is 0 Å². The van der Waals surface area contributed by atoms with E-state index in [1.807, 2.05) is 6.92 Å². The minimum Gasteiger partial charge on any atom is -0.382 e. The van der Waals surface area contributed by atoms with E-state index in [-0.39, 0.29) is 11.1 Å². The van der Waals surface area contributed by atoms with Gasteiger partial charge in [0.15, 0.2) is 0 Å². The second-order valence-electron chi connectivity index (χ2n) is 3.15. The molecule has 1 aromatic heterocycles. The molecular formula is C11H15ClN2O2. The minimum atomic E-state index is -0.199. The fourth-order valence-corrected chi connectivity index (χ4v) is 1.38. The normalized spacial score (nSPS) is 10.1. The van der Waals surface area contributed by atoms with Crippen LogP contribution in [0.2, 0.25) is 5.15 Å². The van der Waals surface area contributed by atoms with E-state index in [0.717, 1.165) is 6.42 Å². The van der Waals surface area contributed by atoms with Crippen molar-refractivity contribution in [2.24, 2.45) is 0 Å². The molecule has 0 bridgehead atoms. The van der Waals surface area contributed by atoms with Gasteiger partial charge < -0.3 is 10.1 Å². The van der Waals surface area contributed by atoms with Crippen LogP contribution in [0, 0.1) is 0 Å². The van der Waals surface area contributed by atoms with Crippen molar-refractivity contribution in [2.75, 3.05) is 19.8 Å². The van der Waals surface area contributed by atoms with Crippen molar-refractivity contribution in [3.05, 3.63) is 29.0 Å². The lowest BCUT2D eigenvalue weighted by molar-refractivity contribution is 0.0944. The van der Waals surface area contributed by atoms with Gasteiger partial charge in [0, 0.05) is 26.0 Å². The first-order valence-electron chi connectivity index (χ1n) is 5.22. The third kappa shape index (κ3) is 4.16. The van der Waals surface area contributed by atoms with Crippen molar-refractivity contribution in [3.8, 4) is 0 Å². The third-order valence-electron chi connectivity index (χ3n) is 1.96. The summed E-state index contributed by atoms with van der Waals surface area (Å²) in [5.74, 6) is -0.199. The Balaban J connectivity index is 2.33. The van der Waals surface area contributed by atoms with E-state index in [1.54, 1.807) is 18.3 Å². The molecule has 1 rings (SSSR count). The zero-order valence-electron chi connectivity index (χ0n) is 9.20. The molecule has 0 aromatic carbocycles. The van der Waals surface area contributed by atoms with Gasteiger partial charge in [0.25, 0.3) is 5.91 Å². The quantitative estimate of drug-likeness (QED) is 0.612. The van der Waals surface area contributed by atoms with Crippen molar-refractivity contribution in [1.29, 1.82) is 0 Å². The largest absolute Gasteiger partial charge is 0.382 e. The van der Waals surface area contributed by atoms with Gasteiger partial charge in [-0.15, -0.1) is 0 Å². The van der Waals surface area contributed by atoms with Gasteiger partial charge in [-0.05, 0) is 25.5 Å². The molecule has 0 atom stereocenters. The molecule has 16 heavy (non-hydrogen) atoms. The molecule has 0 saturated carbocycles. The lowest BCUT2D eigenvalue weighted by Gasteiger charge is -2.05. The topological polar surface area (TPSA) is 51.2 Å². The van der Waals surface area contributed by atoms with E-state index < -0.39 is 0 Å². The SMILES string of the molecule is CCOCCCNC(=O)c1cccnc1Cl. The van der Waals surface area contributed by atoms with Gasteiger partial charge in [-0.3, -0.25) is 4.79 Å². The van der Waals surface area contributed by atoms with Gasteiger partial charge in [0.2, 0.25) is 0 Å². The second-order valence-corrected chi connectivity index (χ2v) is 3.51. The number of ether oxygens (including phenoxy) is 1. The smallest absolute Gasteiger partial charge is 0.254 e. The number of carbonyl (C=O) groups is 1. The monoisotopic (exact) mass is 242 g/mol. The summed E-state index contributed by atoms with van der Waals surface area (Å²) in [6.07, 6.45) is 2.34. The number of halogens is 1. The lowest BCUT2D eigenvalue weighted by Crippen LogP contribution is -2.25. The van der Waals surface area contributed by atoms with Crippen LogP contribution in [0.15, 0.2) is 18.3 Å². The van der Waals surface area contributed by atoms with Gasteiger partial charge in [-0.2, -0.15) is 0 Å². The van der Waals surface area contributed by atoms with Crippen LogP contribution < -0.4 is 5.32 Å². The Kier molecular flexibility index (Phi) is 5.82. The Labute approximate surface area is 100.0 Å². The van der Waals surface area contributed by atoms with Crippen LogP contribution in [-0.2, 0) is 4.74 Å². The predicted molar refractivity (Wildman–Crippen MR) is 62.7 cm³/mol. The number of hydrogen-bond donors (Lipinski definition) is 1. The van der Waals surface area contributed by atoms with E-state index in [1.165, 1.54) is 0 Å². The Morgan fingerprint density at radius 3 is 3.12 bits per heavy atom. The maximum Gasteiger partial charge on any atom is 0.254 e. The predicted octanol–water partition coefficient (Wildman–Crippen LogP) is 1.89. The Morgan fingerprint density at radius 2 is 2.44 bits per heavy atom. The number of aromatic nitrogens is 1. The highest BCUT2D eigenvalue weighted by Crippen LogP contribution is 2.10. The molecule has 0 spiro atoms. The fourth-order valence-electron chi connectivity index (χ4n) is 1.17. The summed E-state index contributed by atoms with van der Waals surface area (Å²) in [5.41, 5.74) is 0.403. The summed E-state index contributed by atoms with van der Waals surface area (Å²) in [5, 5.41) is 2.98. The fraction of sp³-hybridized carbons (Fsp3) is 0.455. The van der Waals surface area contributed by atoms with E-state index in [9.17, 15) is 4.79 Å². The second kappa shape index (κ2) is 7.19. The first kappa shape index (κ1) is 12.9. The first-order valence-corrected chi connectivity index (χ1v) is 5.60. The van der Waals surface area contributed by atoms with Crippen LogP contribution >= 0.6 is 11.6 Å². The van der Waals surface area contributed by atoms with Gasteiger partial charge in [0.05, 0.1) is 5.56 Å².